The summed E-state index contributed by atoms with van der Waals surface area (Å²) in [5.74, 6) is -0.593. The number of sulfonamides is 1. The van der Waals surface area contributed by atoms with Crippen molar-refractivity contribution in [2.45, 2.75) is 43.7 Å². The number of carbonyl (C=O) groups excluding carboxylic acids is 1. The number of hydrogen-bond donors (Lipinski definition) is 2. The number of piperidine rings is 1. The van der Waals surface area contributed by atoms with Gasteiger partial charge in [-0.25, -0.2) is 13.1 Å². The zero-order chi connectivity index (χ0) is 21.6. The van der Waals surface area contributed by atoms with Crippen molar-refractivity contribution in [2.75, 3.05) is 19.6 Å². The Hall–Kier alpha value is -1.45. The van der Waals surface area contributed by atoms with Gasteiger partial charge < -0.3 is 5.32 Å². The number of nitrogens with zero attached hydrogens (tertiary/aromatic N) is 1. The molecule has 0 radical (unpaired) electrons. The van der Waals surface area contributed by atoms with Crippen LogP contribution < -0.4 is 10.0 Å². The molecule has 0 spiro atoms. The highest BCUT2D eigenvalue weighted by molar-refractivity contribution is 9.10. The molecule has 1 saturated heterocycles. The Kier molecular flexibility index (Phi) is 9.96. The number of amides is 1. The molecular formula is C22H29BrClN3O3S. The highest BCUT2D eigenvalue weighted by Crippen LogP contribution is 2.19. The lowest BCUT2D eigenvalue weighted by Gasteiger charge is -2.35. The zero-order valence-electron chi connectivity index (χ0n) is 17.5. The molecule has 2 aromatic carbocycles. The Morgan fingerprint density at radius 2 is 1.65 bits per heavy atom. The van der Waals surface area contributed by atoms with Crippen molar-refractivity contribution in [1.29, 1.82) is 0 Å². The molecular weight excluding hydrogens is 502 g/mol. The molecule has 1 heterocycles. The van der Waals surface area contributed by atoms with Crippen molar-refractivity contribution < 1.29 is 13.2 Å². The van der Waals surface area contributed by atoms with Crippen LogP contribution in [0, 0.1) is 0 Å². The van der Waals surface area contributed by atoms with Crippen LogP contribution >= 0.6 is 28.3 Å². The van der Waals surface area contributed by atoms with Crippen LogP contribution in [0.5, 0.6) is 0 Å². The number of benzene rings is 2. The normalized spacial score (nSPS) is 14.8. The molecule has 0 bridgehead atoms. The Labute approximate surface area is 199 Å². The van der Waals surface area contributed by atoms with E-state index in [2.05, 4.69) is 50.4 Å². The first kappa shape index (κ1) is 25.8. The topological polar surface area (TPSA) is 78.5 Å². The maximum Gasteiger partial charge on any atom is 0.264 e. The summed E-state index contributed by atoms with van der Waals surface area (Å²) in [5, 5.41) is 3.42. The molecule has 1 amide bonds. The third kappa shape index (κ3) is 7.88. The van der Waals surface area contributed by atoms with E-state index in [-0.39, 0.29) is 17.3 Å². The van der Waals surface area contributed by atoms with Crippen molar-refractivity contribution >= 4 is 44.3 Å². The second-order valence-electron chi connectivity index (χ2n) is 7.63. The van der Waals surface area contributed by atoms with Gasteiger partial charge in [-0.3, -0.25) is 9.69 Å². The van der Waals surface area contributed by atoms with Gasteiger partial charge in [0.25, 0.3) is 10.0 Å². The molecule has 31 heavy (non-hydrogen) atoms. The van der Waals surface area contributed by atoms with E-state index in [0.29, 0.717) is 6.04 Å². The third-order valence-electron chi connectivity index (χ3n) is 5.32. The number of rotatable bonds is 8. The van der Waals surface area contributed by atoms with E-state index in [0.717, 1.165) is 55.5 Å². The lowest BCUT2D eigenvalue weighted by molar-refractivity contribution is -0.117. The van der Waals surface area contributed by atoms with Gasteiger partial charge >= 0.3 is 0 Å². The molecule has 2 aromatic rings. The fourth-order valence-corrected chi connectivity index (χ4v) is 5.00. The average molecular weight is 531 g/mol. The number of carbonyl (C=O) groups is 1. The first-order valence-corrected chi connectivity index (χ1v) is 12.4. The third-order valence-corrected chi connectivity index (χ3v) is 7.30. The maximum absolute atomic E-state index is 12.2. The molecule has 1 aliphatic heterocycles. The van der Waals surface area contributed by atoms with Crippen LogP contribution in [0.25, 0.3) is 0 Å². The SMILES string of the molecule is CC(=O)NS(=O)(=O)c1ccc(CN(CCc2ccc(Br)cc2)C2CCNCC2)cc1.Cl. The van der Waals surface area contributed by atoms with Gasteiger partial charge in [-0.2, -0.15) is 0 Å². The second kappa shape index (κ2) is 12.0. The van der Waals surface area contributed by atoms with Crippen LogP contribution in [-0.2, 0) is 27.8 Å². The highest BCUT2D eigenvalue weighted by Gasteiger charge is 2.21. The zero-order valence-corrected chi connectivity index (χ0v) is 20.7. The number of hydrogen-bond acceptors (Lipinski definition) is 5. The van der Waals surface area contributed by atoms with E-state index in [4.69, 9.17) is 0 Å². The van der Waals surface area contributed by atoms with Crippen molar-refractivity contribution in [3.05, 3.63) is 64.1 Å². The minimum atomic E-state index is -3.80. The first-order valence-electron chi connectivity index (χ1n) is 10.1. The van der Waals surface area contributed by atoms with Gasteiger partial charge in [0, 0.05) is 30.5 Å². The van der Waals surface area contributed by atoms with Crippen LogP contribution in [0.3, 0.4) is 0 Å². The quantitative estimate of drug-likeness (QED) is 0.546. The van der Waals surface area contributed by atoms with Gasteiger partial charge in [-0.1, -0.05) is 40.2 Å². The smallest absolute Gasteiger partial charge is 0.264 e. The van der Waals surface area contributed by atoms with Crippen LogP contribution in [0.15, 0.2) is 57.9 Å². The molecule has 0 saturated carbocycles. The van der Waals surface area contributed by atoms with E-state index in [1.54, 1.807) is 12.1 Å². The molecule has 6 nitrogen and oxygen atoms in total. The fourth-order valence-electron chi connectivity index (χ4n) is 3.74. The van der Waals surface area contributed by atoms with Crippen LogP contribution in [0.4, 0.5) is 0 Å². The van der Waals surface area contributed by atoms with Crippen molar-refractivity contribution in [2.24, 2.45) is 0 Å². The summed E-state index contributed by atoms with van der Waals surface area (Å²) in [6, 6.07) is 15.7. The molecule has 9 heteroatoms. The summed E-state index contributed by atoms with van der Waals surface area (Å²) in [5.41, 5.74) is 2.36. The molecule has 0 aliphatic carbocycles. The molecule has 1 fully saturated rings. The van der Waals surface area contributed by atoms with E-state index >= 15 is 0 Å². The van der Waals surface area contributed by atoms with E-state index in [1.807, 2.05) is 16.9 Å². The Morgan fingerprint density at radius 1 is 1.06 bits per heavy atom. The van der Waals surface area contributed by atoms with E-state index in [9.17, 15) is 13.2 Å². The minimum Gasteiger partial charge on any atom is -0.317 e. The Balaban J connectivity index is 0.00000341. The summed E-state index contributed by atoms with van der Waals surface area (Å²) >= 11 is 3.48. The predicted molar refractivity (Wildman–Crippen MR) is 129 cm³/mol. The molecule has 0 unspecified atom stereocenters. The van der Waals surface area contributed by atoms with Crippen LogP contribution in [0.1, 0.15) is 30.9 Å². The molecule has 170 valence electrons. The first-order chi connectivity index (χ1) is 14.3. The van der Waals surface area contributed by atoms with Gasteiger partial charge in [-0.15, -0.1) is 12.4 Å². The van der Waals surface area contributed by atoms with Crippen LogP contribution in [-0.4, -0.2) is 44.9 Å². The van der Waals surface area contributed by atoms with Gasteiger partial charge in [0.1, 0.15) is 0 Å². The number of halogens is 2. The van der Waals surface area contributed by atoms with Gasteiger partial charge in [0.2, 0.25) is 5.91 Å². The Morgan fingerprint density at radius 3 is 2.23 bits per heavy atom. The molecule has 1 aliphatic rings. The highest BCUT2D eigenvalue weighted by atomic mass is 79.9. The molecule has 0 atom stereocenters. The Bertz CT molecular complexity index is 947. The maximum atomic E-state index is 12.2. The summed E-state index contributed by atoms with van der Waals surface area (Å²) in [4.78, 5) is 13.7. The van der Waals surface area contributed by atoms with Crippen molar-refractivity contribution in [3.8, 4) is 0 Å². The molecule has 3 rings (SSSR count). The summed E-state index contributed by atoms with van der Waals surface area (Å²) < 4.78 is 27.4. The summed E-state index contributed by atoms with van der Waals surface area (Å²) in [6.07, 6.45) is 3.18. The fraction of sp³-hybridized carbons (Fsp3) is 0.409. The average Bonchev–Trinajstić information content (AvgIpc) is 2.72. The standard InChI is InChI=1S/C22H28BrN3O3S.ClH/c1-17(27)25-30(28,29)22-8-4-19(5-9-22)16-26(21-10-13-24-14-11-21)15-12-18-2-6-20(23)7-3-18;/h2-9,21,24H,10-16H2,1H3,(H,25,27);1H. The minimum absolute atomic E-state index is 0. The van der Waals surface area contributed by atoms with Crippen LogP contribution in [0.2, 0.25) is 0 Å². The molecule has 2 N–H and O–H groups in total. The van der Waals surface area contributed by atoms with Crippen molar-refractivity contribution in [1.82, 2.24) is 14.9 Å². The van der Waals surface area contributed by atoms with E-state index < -0.39 is 15.9 Å². The predicted octanol–water partition coefficient (Wildman–Crippen LogP) is 3.49. The van der Waals surface area contributed by atoms with Gasteiger partial charge in [0.15, 0.2) is 0 Å². The monoisotopic (exact) mass is 529 g/mol. The van der Waals surface area contributed by atoms with Gasteiger partial charge in [-0.05, 0) is 67.7 Å². The second-order valence-corrected chi connectivity index (χ2v) is 10.2. The lowest BCUT2D eigenvalue weighted by Crippen LogP contribution is -2.43. The van der Waals surface area contributed by atoms with E-state index in [1.165, 1.54) is 12.5 Å². The molecule has 0 aromatic heterocycles. The van der Waals surface area contributed by atoms with Gasteiger partial charge in [0.05, 0.1) is 4.90 Å². The summed E-state index contributed by atoms with van der Waals surface area (Å²) in [6.45, 7) is 4.94. The summed E-state index contributed by atoms with van der Waals surface area (Å²) in [7, 11) is -3.80. The number of nitrogens with one attached hydrogen (secondary N) is 2. The largest absolute Gasteiger partial charge is 0.317 e. The van der Waals surface area contributed by atoms with Crippen molar-refractivity contribution in [3.63, 3.8) is 0 Å². The lowest BCUT2D eigenvalue weighted by atomic mass is 10.0.